The van der Waals surface area contributed by atoms with Gasteiger partial charge in [0.1, 0.15) is 0 Å². The van der Waals surface area contributed by atoms with E-state index in [-0.39, 0.29) is 12.3 Å². The fraction of sp³-hybridized carbons (Fsp3) is 0.0769. The standard InChI is InChI=1S/C52H35BN2O2S/c1-52(2,3)32-24-25-40(37(27-32)30-14-5-4-6-15-30)54-41-29-45-44(56-42-21-10-11-22-43(42)57-45)28-39(41)53-48-38(26-31-16-7-8-17-33(31)50(48)54)34-19-13-20-36-47-35-18-9-12-23-46(35)58-51(47)55(53)49(34)36/h4-29H,1-3H3. The minimum Gasteiger partial charge on any atom is -0.450 e. The van der Waals surface area contributed by atoms with Gasteiger partial charge in [0.2, 0.25) is 0 Å². The van der Waals surface area contributed by atoms with E-state index >= 15 is 0 Å². The average Bonchev–Trinajstić information content (AvgIpc) is 3.79. The van der Waals surface area contributed by atoms with E-state index in [1.165, 1.54) is 86.4 Å². The fourth-order valence-electron chi connectivity index (χ4n) is 9.95. The van der Waals surface area contributed by atoms with E-state index in [4.69, 9.17) is 9.47 Å². The molecule has 4 nitrogen and oxygen atoms in total. The topological polar surface area (TPSA) is 26.6 Å². The molecule has 0 N–H and O–H groups in total. The maximum atomic E-state index is 6.74. The Balaban J connectivity index is 1.21. The highest BCUT2D eigenvalue weighted by molar-refractivity contribution is 7.26. The van der Waals surface area contributed by atoms with Gasteiger partial charge < -0.3 is 18.9 Å². The average molecular weight is 763 g/mol. The molecule has 2 aromatic heterocycles. The molecule has 3 aliphatic rings. The number of rotatable bonds is 2. The number of aromatic nitrogens is 1. The molecule has 58 heavy (non-hydrogen) atoms. The Kier molecular flexibility index (Phi) is 6.37. The van der Waals surface area contributed by atoms with Crippen molar-refractivity contribution in [3.63, 3.8) is 0 Å². The van der Waals surface area contributed by atoms with Crippen LogP contribution < -0.4 is 25.3 Å². The van der Waals surface area contributed by atoms with Crippen molar-refractivity contribution in [3.8, 4) is 45.3 Å². The molecule has 0 spiro atoms. The second kappa shape index (κ2) is 11.4. The highest BCUT2D eigenvalue weighted by Crippen LogP contribution is 2.54. The van der Waals surface area contributed by atoms with Crippen molar-refractivity contribution < 1.29 is 9.47 Å². The zero-order valence-corrected chi connectivity index (χ0v) is 33.0. The van der Waals surface area contributed by atoms with Crippen molar-refractivity contribution in [2.24, 2.45) is 0 Å². The number of nitrogens with zero attached hydrogens (tertiary/aromatic N) is 2. The summed E-state index contributed by atoms with van der Waals surface area (Å²) in [6, 6.07) is 57.6. The van der Waals surface area contributed by atoms with E-state index in [2.05, 4.69) is 164 Å². The quantitative estimate of drug-likeness (QED) is 0.164. The summed E-state index contributed by atoms with van der Waals surface area (Å²) < 4.78 is 17.4. The molecule has 3 aliphatic heterocycles. The van der Waals surface area contributed by atoms with Crippen molar-refractivity contribution in [3.05, 3.63) is 163 Å². The van der Waals surface area contributed by atoms with Crippen LogP contribution in [0, 0.1) is 0 Å². The van der Waals surface area contributed by atoms with Crippen LogP contribution in [-0.4, -0.2) is 11.3 Å². The lowest BCUT2D eigenvalue weighted by molar-refractivity contribution is 0.360. The van der Waals surface area contributed by atoms with E-state index in [0.717, 1.165) is 28.6 Å². The molecule has 8 aromatic carbocycles. The summed E-state index contributed by atoms with van der Waals surface area (Å²) in [5.74, 6) is 2.88. The first-order valence-electron chi connectivity index (χ1n) is 20.0. The van der Waals surface area contributed by atoms with Crippen molar-refractivity contribution in [1.82, 2.24) is 4.48 Å². The summed E-state index contributed by atoms with van der Waals surface area (Å²) in [4.78, 5) is 3.83. The van der Waals surface area contributed by atoms with Crippen molar-refractivity contribution in [1.29, 1.82) is 0 Å². The number of ether oxygens (including phenoxy) is 2. The number of anilines is 3. The van der Waals surface area contributed by atoms with Gasteiger partial charge in [-0.05, 0) is 80.9 Å². The molecule has 274 valence electrons. The predicted octanol–water partition coefficient (Wildman–Crippen LogP) is 13.4. The number of fused-ring (bicyclic) bond motifs is 13. The van der Waals surface area contributed by atoms with Crippen molar-refractivity contribution >= 4 is 88.2 Å². The van der Waals surface area contributed by atoms with Gasteiger partial charge in [-0.3, -0.25) is 0 Å². The molecule has 0 bridgehead atoms. The highest BCUT2D eigenvalue weighted by atomic mass is 32.1. The number of thiophene rings is 1. The Bertz CT molecular complexity index is 3410. The third kappa shape index (κ3) is 4.30. The van der Waals surface area contributed by atoms with E-state index in [0.29, 0.717) is 5.75 Å². The van der Waals surface area contributed by atoms with Crippen LogP contribution in [0.3, 0.4) is 0 Å². The minimum absolute atomic E-state index is 0.0393. The van der Waals surface area contributed by atoms with Crippen LogP contribution in [0.4, 0.5) is 17.1 Å². The van der Waals surface area contributed by atoms with Crippen LogP contribution in [-0.2, 0) is 5.41 Å². The molecule has 0 saturated heterocycles. The van der Waals surface area contributed by atoms with Crippen LogP contribution in [0.2, 0.25) is 0 Å². The van der Waals surface area contributed by atoms with E-state index in [1.807, 2.05) is 35.6 Å². The molecule has 0 aliphatic carbocycles. The molecule has 13 rings (SSSR count). The summed E-state index contributed by atoms with van der Waals surface area (Å²) in [5, 5.41) is 6.36. The Hall–Kier alpha value is -6.76. The van der Waals surface area contributed by atoms with Crippen LogP contribution >= 0.6 is 11.3 Å². The third-order valence-corrected chi connectivity index (χ3v) is 13.7. The van der Waals surface area contributed by atoms with E-state index in [1.54, 1.807) is 0 Å². The Morgan fingerprint density at radius 1 is 0.552 bits per heavy atom. The highest BCUT2D eigenvalue weighted by Gasteiger charge is 2.45. The van der Waals surface area contributed by atoms with Crippen molar-refractivity contribution in [2.75, 3.05) is 4.90 Å². The molecule has 10 aromatic rings. The maximum absolute atomic E-state index is 6.74. The van der Waals surface area contributed by atoms with Crippen molar-refractivity contribution in [2.45, 2.75) is 26.2 Å². The third-order valence-electron chi connectivity index (χ3n) is 12.6. The fourth-order valence-corrected chi connectivity index (χ4v) is 11.2. The van der Waals surface area contributed by atoms with E-state index in [9.17, 15) is 0 Å². The summed E-state index contributed by atoms with van der Waals surface area (Å²) in [6.07, 6.45) is 0. The van der Waals surface area contributed by atoms with Crippen LogP contribution in [0.15, 0.2) is 158 Å². The zero-order valence-electron chi connectivity index (χ0n) is 32.2. The van der Waals surface area contributed by atoms with Gasteiger partial charge >= 0.3 is 6.85 Å². The molecule has 5 heterocycles. The van der Waals surface area contributed by atoms with Gasteiger partial charge in [0.25, 0.3) is 0 Å². The molecule has 0 fully saturated rings. The second-order valence-electron chi connectivity index (χ2n) is 16.9. The summed E-state index contributed by atoms with van der Waals surface area (Å²) in [5.41, 5.74) is 13.3. The van der Waals surface area contributed by atoms with E-state index < -0.39 is 0 Å². The lowest BCUT2D eigenvalue weighted by Crippen LogP contribution is -2.56. The summed E-state index contributed by atoms with van der Waals surface area (Å²) in [6.45, 7) is 6.75. The van der Waals surface area contributed by atoms with Gasteiger partial charge in [-0.2, -0.15) is 0 Å². The molecule has 0 amide bonds. The number of hydrogen-bond acceptors (Lipinski definition) is 4. The van der Waals surface area contributed by atoms with Crippen LogP contribution in [0.25, 0.3) is 64.2 Å². The monoisotopic (exact) mass is 762 g/mol. The Morgan fingerprint density at radius 3 is 2.07 bits per heavy atom. The molecular formula is C52H35BN2O2S. The van der Waals surface area contributed by atoms with Gasteiger partial charge in [-0.15, -0.1) is 11.3 Å². The number of benzene rings is 8. The number of para-hydroxylation sites is 3. The lowest BCUT2D eigenvalue weighted by Gasteiger charge is -2.42. The van der Waals surface area contributed by atoms with Crippen LogP contribution in [0.1, 0.15) is 26.3 Å². The SMILES string of the molecule is CC(C)(C)c1ccc(N2c3cc4c(cc3B3c5c(cc6ccccc6c52)-c2cccc5c6c7ccccc7sc6n3c25)Oc2ccccc2O4)c(-c2ccccc2)c1. The first kappa shape index (κ1) is 32.3. The molecular weight excluding hydrogens is 727 g/mol. The van der Waals surface area contributed by atoms with Gasteiger partial charge in [0, 0.05) is 54.6 Å². The Labute approximate surface area is 340 Å². The molecule has 0 unspecified atom stereocenters. The first-order valence-corrected chi connectivity index (χ1v) is 20.9. The summed E-state index contributed by atoms with van der Waals surface area (Å²) in [7, 11) is 0. The number of hydrogen-bond donors (Lipinski definition) is 0. The van der Waals surface area contributed by atoms with Gasteiger partial charge in [0.05, 0.1) is 16.2 Å². The lowest BCUT2D eigenvalue weighted by atomic mass is 9.45. The summed E-state index contributed by atoms with van der Waals surface area (Å²) >= 11 is 1.90. The molecule has 0 atom stereocenters. The Morgan fingerprint density at radius 2 is 1.26 bits per heavy atom. The van der Waals surface area contributed by atoms with Gasteiger partial charge in [0.15, 0.2) is 23.0 Å². The first-order chi connectivity index (χ1) is 28.4. The maximum Gasteiger partial charge on any atom is 0.333 e. The molecule has 0 saturated carbocycles. The minimum atomic E-state index is -0.135. The molecule has 6 heteroatoms. The largest absolute Gasteiger partial charge is 0.450 e. The van der Waals surface area contributed by atoms with Crippen LogP contribution in [0.5, 0.6) is 23.0 Å². The van der Waals surface area contributed by atoms with Gasteiger partial charge in [-0.1, -0.05) is 130 Å². The molecule has 0 radical (unpaired) electrons. The zero-order chi connectivity index (χ0) is 38.4. The van der Waals surface area contributed by atoms with Gasteiger partial charge in [-0.25, -0.2) is 0 Å². The normalized spacial score (nSPS) is 13.6. The second-order valence-corrected chi connectivity index (χ2v) is 17.9. The predicted molar refractivity (Wildman–Crippen MR) is 244 cm³/mol. The smallest absolute Gasteiger partial charge is 0.333 e.